The molecule has 1 saturated heterocycles. The molecule has 0 radical (unpaired) electrons. The Morgan fingerprint density at radius 3 is 2.47 bits per heavy atom. The van der Waals surface area contributed by atoms with Crippen LogP contribution in [-0.2, 0) is 4.79 Å². The van der Waals surface area contributed by atoms with Gasteiger partial charge in [-0.3, -0.25) is 4.79 Å². The Morgan fingerprint density at radius 2 is 1.94 bits per heavy atom. The van der Waals surface area contributed by atoms with Crippen LogP contribution in [-0.4, -0.2) is 30.9 Å². The highest BCUT2D eigenvalue weighted by Gasteiger charge is 2.25. The highest BCUT2D eigenvalue weighted by atomic mass is 16.1. The van der Waals surface area contributed by atoms with E-state index in [4.69, 9.17) is 0 Å². The van der Waals surface area contributed by atoms with Crippen molar-refractivity contribution in [2.75, 3.05) is 25.5 Å². The first kappa shape index (κ1) is 13.7. The van der Waals surface area contributed by atoms with E-state index < -0.39 is 0 Å². The van der Waals surface area contributed by atoms with Gasteiger partial charge in [0.2, 0.25) is 5.91 Å². The summed E-state index contributed by atoms with van der Waals surface area (Å²) in [5.41, 5.74) is 0.886. The molecule has 0 aliphatic carbocycles. The van der Waals surface area contributed by atoms with Crippen molar-refractivity contribution < 1.29 is 4.79 Å². The zero-order chi connectivity index (χ0) is 12.7. The molecule has 1 atom stereocenters. The molecule has 3 heteroatoms. The van der Waals surface area contributed by atoms with E-state index in [9.17, 15) is 4.79 Å². The van der Waals surface area contributed by atoms with Crippen LogP contribution in [0.3, 0.4) is 0 Å². The van der Waals surface area contributed by atoms with Gasteiger partial charge in [0.15, 0.2) is 0 Å². The van der Waals surface area contributed by atoms with E-state index >= 15 is 0 Å². The zero-order valence-corrected chi connectivity index (χ0v) is 10.9. The smallest absolute Gasteiger partial charge is 0.228 e. The molecule has 0 spiro atoms. The topological polar surface area (TPSA) is 32.3 Å². The lowest BCUT2D eigenvalue weighted by Gasteiger charge is -2.10. The SMILES string of the molecule is CC.CN1CCC(C(=O)Nc2ccccc2)C1. The van der Waals surface area contributed by atoms with Crippen LogP contribution in [0.1, 0.15) is 20.3 Å². The lowest BCUT2D eigenvalue weighted by Crippen LogP contribution is -2.25. The highest BCUT2D eigenvalue weighted by Crippen LogP contribution is 2.16. The number of hydrogen-bond acceptors (Lipinski definition) is 2. The Morgan fingerprint density at radius 1 is 1.29 bits per heavy atom. The van der Waals surface area contributed by atoms with E-state index in [-0.39, 0.29) is 11.8 Å². The molecule has 1 aromatic rings. The van der Waals surface area contributed by atoms with E-state index in [1.165, 1.54) is 0 Å². The van der Waals surface area contributed by atoms with Crippen LogP contribution in [0.2, 0.25) is 0 Å². The fraction of sp³-hybridized carbons (Fsp3) is 0.500. The number of carbonyl (C=O) groups excluding carboxylic acids is 1. The molecular weight excluding hydrogens is 212 g/mol. The molecule has 1 N–H and O–H groups in total. The molecular formula is C14H22N2O. The van der Waals surface area contributed by atoms with Crippen LogP contribution in [0, 0.1) is 5.92 Å². The van der Waals surface area contributed by atoms with Gasteiger partial charge in [-0.2, -0.15) is 0 Å². The summed E-state index contributed by atoms with van der Waals surface area (Å²) in [6, 6.07) is 9.62. The molecule has 1 aromatic carbocycles. The largest absolute Gasteiger partial charge is 0.326 e. The molecule has 2 rings (SSSR count). The lowest BCUT2D eigenvalue weighted by molar-refractivity contribution is -0.119. The molecule has 0 saturated carbocycles. The Labute approximate surface area is 104 Å². The maximum atomic E-state index is 11.8. The van der Waals surface area contributed by atoms with Gasteiger partial charge in [0.25, 0.3) is 0 Å². The van der Waals surface area contributed by atoms with Gasteiger partial charge in [-0.15, -0.1) is 0 Å². The van der Waals surface area contributed by atoms with Gasteiger partial charge in [-0.05, 0) is 32.1 Å². The van der Waals surface area contributed by atoms with Crippen LogP contribution >= 0.6 is 0 Å². The fourth-order valence-corrected chi connectivity index (χ4v) is 1.91. The van der Waals surface area contributed by atoms with Crippen molar-refractivity contribution in [2.45, 2.75) is 20.3 Å². The summed E-state index contributed by atoms with van der Waals surface area (Å²) in [7, 11) is 2.05. The summed E-state index contributed by atoms with van der Waals surface area (Å²) < 4.78 is 0. The maximum absolute atomic E-state index is 11.8. The second kappa shape index (κ2) is 7.07. The molecule has 17 heavy (non-hydrogen) atoms. The third-order valence-corrected chi connectivity index (χ3v) is 2.80. The van der Waals surface area contributed by atoms with E-state index in [0.29, 0.717) is 0 Å². The van der Waals surface area contributed by atoms with Crippen LogP contribution in [0.15, 0.2) is 30.3 Å². The summed E-state index contributed by atoms with van der Waals surface area (Å²) in [6.07, 6.45) is 0.967. The van der Waals surface area contributed by atoms with Crippen molar-refractivity contribution in [1.29, 1.82) is 0 Å². The predicted molar refractivity (Wildman–Crippen MR) is 72.0 cm³/mol. The first-order chi connectivity index (χ1) is 8.25. The molecule has 1 fully saturated rings. The van der Waals surface area contributed by atoms with Crippen molar-refractivity contribution in [3.63, 3.8) is 0 Å². The monoisotopic (exact) mass is 234 g/mol. The minimum atomic E-state index is 0.144. The molecule has 0 bridgehead atoms. The minimum absolute atomic E-state index is 0.144. The quantitative estimate of drug-likeness (QED) is 0.853. The van der Waals surface area contributed by atoms with Gasteiger partial charge >= 0.3 is 0 Å². The van der Waals surface area contributed by atoms with Gasteiger partial charge in [-0.1, -0.05) is 32.0 Å². The number of rotatable bonds is 2. The second-order valence-corrected chi connectivity index (χ2v) is 4.10. The summed E-state index contributed by atoms with van der Waals surface area (Å²) in [4.78, 5) is 14.0. The Kier molecular flexibility index (Phi) is 5.70. The average Bonchev–Trinajstić information content (AvgIpc) is 2.80. The Balaban J connectivity index is 0.000000686. The van der Waals surface area contributed by atoms with Crippen LogP contribution in [0.5, 0.6) is 0 Å². The number of hydrogen-bond donors (Lipinski definition) is 1. The van der Waals surface area contributed by atoms with Crippen LogP contribution in [0.25, 0.3) is 0 Å². The lowest BCUT2D eigenvalue weighted by atomic mass is 10.1. The van der Waals surface area contributed by atoms with Crippen molar-refractivity contribution in [1.82, 2.24) is 4.90 Å². The molecule has 3 nitrogen and oxygen atoms in total. The van der Waals surface area contributed by atoms with Gasteiger partial charge in [0.1, 0.15) is 0 Å². The Bertz CT molecular complexity index is 337. The Hall–Kier alpha value is -1.35. The highest BCUT2D eigenvalue weighted by molar-refractivity contribution is 5.92. The number of benzene rings is 1. The zero-order valence-electron chi connectivity index (χ0n) is 10.9. The second-order valence-electron chi connectivity index (χ2n) is 4.10. The summed E-state index contributed by atoms with van der Waals surface area (Å²) in [5.74, 6) is 0.292. The van der Waals surface area contributed by atoms with Crippen molar-refractivity contribution in [3.05, 3.63) is 30.3 Å². The van der Waals surface area contributed by atoms with Gasteiger partial charge in [0, 0.05) is 12.2 Å². The van der Waals surface area contributed by atoms with Crippen molar-refractivity contribution in [2.24, 2.45) is 5.92 Å². The molecule has 94 valence electrons. The molecule has 1 heterocycles. The van der Waals surface area contributed by atoms with Crippen LogP contribution < -0.4 is 5.32 Å². The number of para-hydroxylation sites is 1. The minimum Gasteiger partial charge on any atom is -0.326 e. The standard InChI is InChI=1S/C12H16N2O.C2H6/c1-14-8-7-10(9-14)12(15)13-11-5-3-2-4-6-11;1-2/h2-6,10H,7-9H2,1H3,(H,13,15);1-2H3. The number of amides is 1. The van der Waals surface area contributed by atoms with Gasteiger partial charge in [0.05, 0.1) is 5.92 Å². The average molecular weight is 234 g/mol. The van der Waals surface area contributed by atoms with E-state index in [0.717, 1.165) is 25.2 Å². The summed E-state index contributed by atoms with van der Waals surface area (Å²) in [5, 5.41) is 2.94. The number of carbonyl (C=O) groups is 1. The first-order valence-electron chi connectivity index (χ1n) is 6.30. The normalized spacial score (nSPS) is 19.4. The summed E-state index contributed by atoms with van der Waals surface area (Å²) in [6.45, 7) is 5.89. The van der Waals surface area contributed by atoms with Crippen molar-refractivity contribution >= 4 is 11.6 Å². The third kappa shape index (κ3) is 4.19. The molecule has 1 amide bonds. The third-order valence-electron chi connectivity index (χ3n) is 2.80. The first-order valence-corrected chi connectivity index (χ1v) is 6.30. The molecule has 1 aliphatic rings. The van der Waals surface area contributed by atoms with E-state index in [2.05, 4.69) is 17.3 Å². The maximum Gasteiger partial charge on any atom is 0.228 e. The number of nitrogens with one attached hydrogen (secondary N) is 1. The summed E-state index contributed by atoms with van der Waals surface area (Å²) >= 11 is 0. The number of nitrogens with zero attached hydrogens (tertiary/aromatic N) is 1. The molecule has 1 unspecified atom stereocenters. The molecule has 0 aromatic heterocycles. The van der Waals surface area contributed by atoms with Gasteiger partial charge in [-0.25, -0.2) is 0 Å². The van der Waals surface area contributed by atoms with E-state index in [1.54, 1.807) is 0 Å². The predicted octanol–water partition coefficient (Wildman–Crippen LogP) is 2.60. The number of anilines is 1. The van der Waals surface area contributed by atoms with E-state index in [1.807, 2.05) is 44.2 Å². The van der Waals surface area contributed by atoms with Crippen molar-refractivity contribution in [3.8, 4) is 0 Å². The molecule has 1 aliphatic heterocycles. The number of likely N-dealkylation sites (tertiary alicyclic amines) is 1. The van der Waals surface area contributed by atoms with Gasteiger partial charge < -0.3 is 10.2 Å². The van der Waals surface area contributed by atoms with Crippen LogP contribution in [0.4, 0.5) is 5.69 Å². The fourth-order valence-electron chi connectivity index (χ4n) is 1.91.